The number of rotatable bonds is 5. The Balaban J connectivity index is 2.08. The monoisotopic (exact) mass is 448 g/mol. The summed E-state index contributed by atoms with van der Waals surface area (Å²) in [7, 11) is 1.42. The molecule has 29 heavy (non-hydrogen) atoms. The average Bonchev–Trinajstić information content (AvgIpc) is 2.97. The number of hydrogen-bond acceptors (Lipinski definition) is 5. The van der Waals surface area contributed by atoms with Gasteiger partial charge in [0.25, 0.3) is 5.56 Å². The van der Waals surface area contributed by atoms with Gasteiger partial charge < -0.3 is 15.6 Å². The van der Waals surface area contributed by atoms with Gasteiger partial charge in [-0.15, -0.1) is 22.9 Å². The molecule has 5 nitrogen and oxygen atoms in total. The fourth-order valence-corrected chi connectivity index (χ4v) is 3.96. The third-order valence-corrected chi connectivity index (χ3v) is 5.72. The molecule has 1 heterocycles. The number of aromatic hydroxyl groups is 1. The van der Waals surface area contributed by atoms with Crippen LogP contribution in [0.1, 0.15) is 16.7 Å². The summed E-state index contributed by atoms with van der Waals surface area (Å²) in [5.74, 6) is 0.444. The zero-order chi connectivity index (χ0) is 21.1. The van der Waals surface area contributed by atoms with Crippen molar-refractivity contribution in [2.75, 3.05) is 7.11 Å². The lowest BCUT2D eigenvalue weighted by atomic mass is 10.1. The van der Waals surface area contributed by atoms with E-state index in [2.05, 4.69) is 6.58 Å². The molecule has 3 aromatic rings. The lowest BCUT2D eigenvalue weighted by molar-refractivity contribution is 0.373. The maximum atomic E-state index is 12.9. The third-order valence-electron chi connectivity index (χ3n) is 4.18. The van der Waals surface area contributed by atoms with Gasteiger partial charge >= 0.3 is 0 Å². The second-order valence-electron chi connectivity index (χ2n) is 6.15. The van der Waals surface area contributed by atoms with Crippen molar-refractivity contribution in [1.29, 1.82) is 0 Å². The highest BCUT2D eigenvalue weighted by molar-refractivity contribution is 7.07. The molecule has 0 amide bonds. The van der Waals surface area contributed by atoms with E-state index in [1.165, 1.54) is 23.0 Å². The summed E-state index contributed by atoms with van der Waals surface area (Å²) in [5, 5.41) is 9.99. The molecule has 0 bridgehead atoms. The zero-order valence-corrected chi connectivity index (χ0v) is 17.8. The maximum absolute atomic E-state index is 12.9. The number of phenols is 1. The van der Waals surface area contributed by atoms with Crippen LogP contribution in [0.2, 0.25) is 5.02 Å². The van der Waals surface area contributed by atoms with Crippen LogP contribution >= 0.6 is 34.5 Å². The molecule has 0 unspecified atom stereocenters. The minimum Gasteiger partial charge on any atom is -0.503 e. The largest absolute Gasteiger partial charge is 0.503 e. The number of benzene rings is 2. The van der Waals surface area contributed by atoms with Gasteiger partial charge in [0.2, 0.25) is 0 Å². The first-order valence-corrected chi connectivity index (χ1v) is 10.2. The van der Waals surface area contributed by atoms with Crippen molar-refractivity contribution < 1.29 is 9.84 Å². The lowest BCUT2D eigenvalue weighted by Crippen LogP contribution is -2.28. The van der Waals surface area contributed by atoms with Crippen molar-refractivity contribution in [2.24, 2.45) is 5.73 Å². The molecule has 8 heteroatoms. The Labute approximate surface area is 181 Å². The third kappa shape index (κ3) is 4.50. The minimum absolute atomic E-state index is 0.130. The summed E-state index contributed by atoms with van der Waals surface area (Å²) < 4.78 is 7.47. The Morgan fingerprint density at radius 2 is 2.14 bits per heavy atom. The molecule has 0 fully saturated rings. The first kappa shape index (κ1) is 21.0. The van der Waals surface area contributed by atoms with Gasteiger partial charge in [-0.05, 0) is 41.0 Å². The molecular weight excluding hydrogens is 431 g/mol. The van der Waals surface area contributed by atoms with Gasteiger partial charge in [0.05, 0.1) is 27.0 Å². The van der Waals surface area contributed by atoms with Crippen molar-refractivity contribution in [3.63, 3.8) is 0 Å². The molecule has 0 aliphatic rings. The van der Waals surface area contributed by atoms with Gasteiger partial charge in [0.15, 0.2) is 11.5 Å². The number of methoxy groups -OCH3 is 1. The second-order valence-corrected chi connectivity index (χ2v) is 7.94. The van der Waals surface area contributed by atoms with Crippen LogP contribution in [0.4, 0.5) is 0 Å². The van der Waals surface area contributed by atoms with E-state index in [9.17, 15) is 9.90 Å². The summed E-state index contributed by atoms with van der Waals surface area (Å²) in [6.07, 6.45) is 3.21. The van der Waals surface area contributed by atoms with E-state index in [-0.39, 0.29) is 22.1 Å². The van der Waals surface area contributed by atoms with Gasteiger partial charge in [-0.25, -0.2) is 0 Å². The standard InChI is InChI=1S/C21H18Cl2N2O3S/c1-12-25(11-17(24)15-5-3-4-13(6-15)10-22)21(27)19(29-12)9-14-7-16(23)20(26)18(8-14)28-2/h3-9,11,26H,1,10,24H2,2H3/b17-11-,19-9-. The van der Waals surface area contributed by atoms with Gasteiger partial charge in [-0.2, -0.15) is 0 Å². The SMILES string of the molecule is C=c1s/c(=C\c2cc(Cl)c(O)c(OC)c2)c(=O)n1/C=C(\N)c1cccc(CCl)c1. The van der Waals surface area contributed by atoms with E-state index >= 15 is 0 Å². The average molecular weight is 449 g/mol. The van der Waals surface area contributed by atoms with Crippen LogP contribution in [0.25, 0.3) is 24.6 Å². The van der Waals surface area contributed by atoms with Crippen LogP contribution < -0.4 is 25.2 Å². The molecule has 0 saturated heterocycles. The molecule has 3 rings (SSSR count). The number of nitrogens with zero attached hydrogens (tertiary/aromatic N) is 1. The molecular formula is C21H18Cl2N2O3S. The van der Waals surface area contributed by atoms with Crippen LogP contribution in [0, 0.1) is 0 Å². The van der Waals surface area contributed by atoms with Crippen LogP contribution in [0.3, 0.4) is 0 Å². The number of thiazole rings is 1. The molecule has 2 aromatic carbocycles. The fourth-order valence-electron chi connectivity index (χ4n) is 2.71. The van der Waals surface area contributed by atoms with Crippen LogP contribution in [0.5, 0.6) is 11.5 Å². The smallest absolute Gasteiger partial charge is 0.273 e. The van der Waals surface area contributed by atoms with Crippen LogP contribution in [-0.4, -0.2) is 16.8 Å². The topological polar surface area (TPSA) is 77.5 Å². The number of nitrogens with two attached hydrogens (primary N) is 1. The molecule has 3 N–H and O–H groups in total. The fraction of sp³-hybridized carbons (Fsp3) is 0.0952. The Morgan fingerprint density at radius 3 is 2.83 bits per heavy atom. The molecule has 150 valence electrons. The number of alkyl halides is 1. The van der Waals surface area contributed by atoms with Crippen molar-refractivity contribution in [3.05, 3.63) is 77.7 Å². The summed E-state index contributed by atoms with van der Waals surface area (Å²) >= 11 is 13.1. The normalized spacial score (nSPS) is 12.4. The van der Waals surface area contributed by atoms with Gasteiger partial charge in [-0.3, -0.25) is 9.36 Å². The van der Waals surface area contributed by atoms with Crippen molar-refractivity contribution in [2.45, 2.75) is 5.88 Å². The summed E-state index contributed by atoms with van der Waals surface area (Å²) in [4.78, 5) is 12.9. The molecule has 0 radical (unpaired) electrons. The van der Waals surface area contributed by atoms with Crippen molar-refractivity contribution in [3.8, 4) is 11.5 Å². The molecule has 0 atom stereocenters. The molecule has 0 aliphatic heterocycles. The number of hydrogen-bond donors (Lipinski definition) is 2. The van der Waals surface area contributed by atoms with E-state index < -0.39 is 0 Å². The van der Waals surface area contributed by atoms with E-state index in [0.29, 0.717) is 26.3 Å². The van der Waals surface area contributed by atoms with E-state index in [1.807, 2.05) is 24.3 Å². The highest BCUT2D eigenvalue weighted by atomic mass is 35.5. The molecule has 1 aromatic heterocycles. The number of aromatic nitrogens is 1. The first-order valence-electron chi connectivity index (χ1n) is 8.45. The maximum Gasteiger partial charge on any atom is 0.273 e. The van der Waals surface area contributed by atoms with Gasteiger partial charge in [-0.1, -0.05) is 36.4 Å². The van der Waals surface area contributed by atoms with Gasteiger partial charge in [0, 0.05) is 12.1 Å². The van der Waals surface area contributed by atoms with Crippen LogP contribution in [-0.2, 0) is 5.88 Å². The highest BCUT2D eigenvalue weighted by Gasteiger charge is 2.09. The minimum atomic E-state index is -0.264. The number of phenolic OH excluding ortho intramolecular Hbond substituents is 1. The predicted octanol–water partition coefficient (Wildman–Crippen LogP) is 3.17. The van der Waals surface area contributed by atoms with E-state index in [4.69, 9.17) is 33.7 Å². The first-order chi connectivity index (χ1) is 13.8. The van der Waals surface area contributed by atoms with E-state index in [0.717, 1.165) is 11.1 Å². The lowest BCUT2D eigenvalue weighted by Gasteiger charge is -2.05. The summed E-state index contributed by atoms with van der Waals surface area (Å²) in [6, 6.07) is 10.6. The van der Waals surface area contributed by atoms with Crippen molar-refractivity contribution in [1.82, 2.24) is 4.57 Å². The second kappa shape index (κ2) is 8.78. The molecule has 0 aliphatic carbocycles. The summed E-state index contributed by atoms with van der Waals surface area (Å²) in [6.45, 7) is 3.94. The Kier molecular flexibility index (Phi) is 6.37. The number of halogens is 2. The Morgan fingerprint density at radius 1 is 1.38 bits per heavy atom. The summed E-state index contributed by atoms with van der Waals surface area (Å²) in [5.41, 5.74) is 8.65. The van der Waals surface area contributed by atoms with Gasteiger partial charge in [0.1, 0.15) is 0 Å². The van der Waals surface area contributed by atoms with E-state index in [1.54, 1.807) is 24.4 Å². The van der Waals surface area contributed by atoms with Crippen molar-refractivity contribution >= 4 is 59.1 Å². The number of ether oxygens (including phenoxy) is 1. The Bertz CT molecular complexity index is 1260. The molecule has 0 spiro atoms. The predicted molar refractivity (Wildman–Crippen MR) is 121 cm³/mol. The Hall–Kier alpha value is -2.67. The highest BCUT2D eigenvalue weighted by Crippen LogP contribution is 2.35. The van der Waals surface area contributed by atoms with Crippen LogP contribution in [0.15, 0.2) is 41.2 Å². The molecule has 0 saturated carbocycles. The quantitative estimate of drug-likeness (QED) is 0.587. The zero-order valence-electron chi connectivity index (χ0n) is 15.5.